The van der Waals surface area contributed by atoms with Crippen molar-refractivity contribution in [3.8, 4) is 22.5 Å². The summed E-state index contributed by atoms with van der Waals surface area (Å²) in [5.41, 5.74) is 4.06. The van der Waals surface area contributed by atoms with Gasteiger partial charge in [0.2, 0.25) is 0 Å². The van der Waals surface area contributed by atoms with Crippen LogP contribution in [0.3, 0.4) is 0 Å². The smallest absolute Gasteiger partial charge is 0.417 e. The van der Waals surface area contributed by atoms with Gasteiger partial charge in [-0.15, -0.1) is 0 Å². The number of hydrogen-bond acceptors (Lipinski definition) is 6. The Kier molecular flexibility index (Phi) is 7.38. The number of hydrogen-bond donors (Lipinski definition) is 1. The van der Waals surface area contributed by atoms with E-state index in [4.69, 9.17) is 9.72 Å². The number of nitrogens with one attached hydrogen (secondary N) is 1. The highest BCUT2D eigenvalue weighted by molar-refractivity contribution is 5.81. The Labute approximate surface area is 224 Å². The number of carbonyl (C=O) groups excluding carboxylic acids is 1. The van der Waals surface area contributed by atoms with Gasteiger partial charge in [-0.3, -0.25) is 19.4 Å². The third kappa shape index (κ3) is 5.96. The number of alkyl halides is 3. The first kappa shape index (κ1) is 26.4. The Morgan fingerprint density at radius 1 is 1.10 bits per heavy atom. The van der Waals surface area contributed by atoms with E-state index in [1.54, 1.807) is 26.2 Å². The van der Waals surface area contributed by atoms with Crippen LogP contribution in [0.25, 0.3) is 22.5 Å². The number of esters is 1. The van der Waals surface area contributed by atoms with Crippen LogP contribution in [-0.4, -0.2) is 45.3 Å². The zero-order valence-electron chi connectivity index (χ0n) is 21.6. The van der Waals surface area contributed by atoms with E-state index < -0.39 is 11.7 Å². The van der Waals surface area contributed by atoms with E-state index in [1.165, 1.54) is 16.8 Å². The maximum absolute atomic E-state index is 13.8. The monoisotopic (exact) mass is 535 g/mol. The lowest BCUT2D eigenvalue weighted by Crippen LogP contribution is -2.36. The highest BCUT2D eigenvalue weighted by Crippen LogP contribution is 2.39. The molecule has 0 amide bonds. The van der Waals surface area contributed by atoms with E-state index in [1.807, 2.05) is 41.3 Å². The van der Waals surface area contributed by atoms with Gasteiger partial charge in [0.25, 0.3) is 0 Å². The van der Waals surface area contributed by atoms with Crippen LogP contribution in [0.2, 0.25) is 0 Å². The molecule has 2 aromatic carbocycles. The molecule has 2 aromatic heterocycles. The number of aryl methyl sites for hydroxylation is 1. The van der Waals surface area contributed by atoms with Crippen LogP contribution in [0.5, 0.6) is 0 Å². The molecule has 5 rings (SSSR count). The van der Waals surface area contributed by atoms with Gasteiger partial charge in [-0.25, -0.2) is 0 Å². The molecule has 3 heterocycles. The molecule has 0 aliphatic carbocycles. The van der Waals surface area contributed by atoms with Crippen LogP contribution in [0.4, 0.5) is 24.5 Å². The highest BCUT2D eigenvalue weighted by Gasteiger charge is 2.34. The summed E-state index contributed by atoms with van der Waals surface area (Å²) in [6.07, 6.45) is -2.26. The number of anilines is 2. The molecule has 10 heteroatoms. The minimum Gasteiger partial charge on any atom is -0.465 e. The maximum Gasteiger partial charge on any atom is 0.417 e. The maximum atomic E-state index is 13.8. The van der Waals surface area contributed by atoms with E-state index in [2.05, 4.69) is 10.4 Å². The normalized spacial score (nSPS) is 13.7. The SMILES string of the molecule is CCOC(=O)CN1CCc2nc(-c3ccccc3)c(Nc3ccc(C(F)(F)F)c(-c4ccn(C)n4)c3)cc2C1. The summed E-state index contributed by atoms with van der Waals surface area (Å²) >= 11 is 0. The van der Waals surface area contributed by atoms with Crippen LogP contribution in [0.1, 0.15) is 23.7 Å². The fourth-order valence-electron chi connectivity index (χ4n) is 4.76. The van der Waals surface area contributed by atoms with Gasteiger partial charge in [-0.05, 0) is 42.8 Å². The minimum absolute atomic E-state index is 0.0131. The molecule has 0 saturated heterocycles. The van der Waals surface area contributed by atoms with Gasteiger partial charge in [-0.2, -0.15) is 18.3 Å². The molecule has 0 unspecified atom stereocenters. The van der Waals surface area contributed by atoms with Crippen molar-refractivity contribution < 1.29 is 22.7 Å². The first-order valence-electron chi connectivity index (χ1n) is 12.7. The third-order valence-corrected chi connectivity index (χ3v) is 6.55. The van der Waals surface area contributed by atoms with Crippen molar-refractivity contribution in [2.24, 2.45) is 7.05 Å². The molecular weight excluding hydrogens is 507 g/mol. The van der Waals surface area contributed by atoms with E-state index in [0.717, 1.165) is 22.9 Å². The summed E-state index contributed by atoms with van der Waals surface area (Å²) in [4.78, 5) is 19.0. The minimum atomic E-state index is -4.53. The Balaban J connectivity index is 1.54. The summed E-state index contributed by atoms with van der Waals surface area (Å²) in [5, 5.41) is 7.52. The van der Waals surface area contributed by atoms with Gasteiger partial charge in [0.15, 0.2) is 0 Å². The lowest BCUT2D eigenvalue weighted by molar-refractivity contribution is -0.144. The molecule has 39 heavy (non-hydrogen) atoms. The predicted molar refractivity (Wildman–Crippen MR) is 142 cm³/mol. The van der Waals surface area contributed by atoms with Crippen molar-refractivity contribution >= 4 is 17.3 Å². The van der Waals surface area contributed by atoms with Gasteiger partial charge in [0.1, 0.15) is 0 Å². The predicted octanol–water partition coefficient (Wildman–Crippen LogP) is 5.83. The van der Waals surface area contributed by atoms with Gasteiger partial charge < -0.3 is 10.1 Å². The first-order valence-corrected chi connectivity index (χ1v) is 12.7. The highest BCUT2D eigenvalue weighted by atomic mass is 19.4. The average Bonchev–Trinajstić information content (AvgIpc) is 3.34. The number of ether oxygens (including phenoxy) is 1. The molecule has 0 bridgehead atoms. The molecule has 1 aliphatic rings. The number of halogens is 3. The fourth-order valence-corrected chi connectivity index (χ4v) is 4.76. The first-order chi connectivity index (χ1) is 18.7. The van der Waals surface area contributed by atoms with Crippen molar-refractivity contribution in [1.29, 1.82) is 0 Å². The standard InChI is InChI=1S/C29H28F3N5O2/c1-3-39-27(38)18-37-14-12-24-20(17-37)15-26(28(34-24)19-7-5-4-6-8-19)33-21-9-10-23(29(30,31)32)22(16-21)25-11-13-36(2)35-25/h4-11,13,15-16,33H,3,12,14,17-18H2,1-2H3. The number of benzene rings is 2. The zero-order chi connectivity index (χ0) is 27.6. The van der Waals surface area contributed by atoms with Crippen LogP contribution >= 0.6 is 0 Å². The van der Waals surface area contributed by atoms with Crippen LogP contribution < -0.4 is 5.32 Å². The van der Waals surface area contributed by atoms with E-state index in [-0.39, 0.29) is 23.8 Å². The van der Waals surface area contributed by atoms with Crippen LogP contribution in [0, 0.1) is 0 Å². The van der Waals surface area contributed by atoms with Crippen LogP contribution in [-0.2, 0) is 35.7 Å². The summed E-state index contributed by atoms with van der Waals surface area (Å²) in [5.74, 6) is -0.278. The number of fused-ring (bicyclic) bond motifs is 1. The van der Waals surface area contributed by atoms with Gasteiger partial charge in [0, 0.05) is 55.3 Å². The lowest BCUT2D eigenvalue weighted by Gasteiger charge is -2.28. The second kappa shape index (κ2) is 10.9. The molecule has 0 spiro atoms. The number of rotatable bonds is 7. The molecular formula is C29H28F3N5O2. The fraction of sp³-hybridized carbons (Fsp3) is 0.276. The Morgan fingerprint density at radius 2 is 1.90 bits per heavy atom. The molecule has 1 N–H and O–H groups in total. The summed E-state index contributed by atoms with van der Waals surface area (Å²) < 4.78 is 48.1. The lowest BCUT2D eigenvalue weighted by atomic mass is 10.00. The van der Waals surface area contributed by atoms with E-state index >= 15 is 0 Å². The molecule has 4 aromatic rings. The number of aromatic nitrogens is 3. The molecule has 1 aliphatic heterocycles. The Morgan fingerprint density at radius 3 is 2.59 bits per heavy atom. The van der Waals surface area contributed by atoms with E-state index in [0.29, 0.717) is 43.2 Å². The Hall–Kier alpha value is -4.18. The number of pyridine rings is 1. The van der Waals surface area contributed by atoms with Crippen molar-refractivity contribution in [3.05, 3.63) is 83.7 Å². The topological polar surface area (TPSA) is 72.3 Å². The Bertz CT molecular complexity index is 1480. The summed E-state index contributed by atoms with van der Waals surface area (Å²) in [6, 6.07) is 17.1. The third-order valence-electron chi connectivity index (χ3n) is 6.55. The average molecular weight is 536 g/mol. The summed E-state index contributed by atoms with van der Waals surface area (Å²) in [6.45, 7) is 3.47. The van der Waals surface area contributed by atoms with Gasteiger partial charge >= 0.3 is 12.1 Å². The molecule has 0 radical (unpaired) electrons. The largest absolute Gasteiger partial charge is 0.465 e. The van der Waals surface area contributed by atoms with Crippen LogP contribution in [0.15, 0.2) is 66.9 Å². The molecule has 0 atom stereocenters. The second-order valence-corrected chi connectivity index (χ2v) is 9.38. The van der Waals surface area contributed by atoms with Crippen molar-refractivity contribution in [3.63, 3.8) is 0 Å². The molecule has 202 valence electrons. The van der Waals surface area contributed by atoms with Gasteiger partial charge in [-0.1, -0.05) is 30.3 Å². The quantitative estimate of drug-likeness (QED) is 0.300. The van der Waals surface area contributed by atoms with Crippen molar-refractivity contribution in [1.82, 2.24) is 19.7 Å². The molecule has 7 nitrogen and oxygen atoms in total. The zero-order valence-corrected chi connectivity index (χ0v) is 21.6. The summed E-state index contributed by atoms with van der Waals surface area (Å²) in [7, 11) is 1.66. The molecule has 0 fully saturated rings. The van der Waals surface area contributed by atoms with Gasteiger partial charge in [0.05, 0.1) is 35.8 Å². The molecule has 0 saturated carbocycles. The number of nitrogens with zero attached hydrogens (tertiary/aromatic N) is 4. The second-order valence-electron chi connectivity index (χ2n) is 9.38. The van der Waals surface area contributed by atoms with E-state index in [9.17, 15) is 18.0 Å². The number of carbonyl (C=O) groups is 1. The van der Waals surface area contributed by atoms with Crippen molar-refractivity contribution in [2.45, 2.75) is 26.1 Å². The van der Waals surface area contributed by atoms with Crippen molar-refractivity contribution in [2.75, 3.05) is 25.0 Å².